The van der Waals surface area contributed by atoms with E-state index in [4.69, 9.17) is 5.11 Å². The first-order valence-electron chi connectivity index (χ1n) is 5.17. The third-order valence-electron chi connectivity index (χ3n) is 3.31. The van der Waals surface area contributed by atoms with Crippen LogP contribution in [-0.2, 0) is 4.79 Å². The molecule has 1 N–H and O–H groups in total. The van der Waals surface area contributed by atoms with Gasteiger partial charge in [-0.25, -0.2) is 0 Å². The highest BCUT2D eigenvalue weighted by molar-refractivity contribution is 5.80. The fraction of sp³-hybridized carbons (Fsp3) is 0.900. The van der Waals surface area contributed by atoms with Gasteiger partial charge in [0.15, 0.2) is 0 Å². The minimum Gasteiger partial charge on any atom is -0.393 e. The van der Waals surface area contributed by atoms with Crippen molar-refractivity contribution in [2.45, 2.75) is 32.3 Å². The van der Waals surface area contributed by atoms with E-state index in [0.29, 0.717) is 12.8 Å². The molecular formula is C10H17NO2. The van der Waals surface area contributed by atoms with Crippen LogP contribution in [0.4, 0.5) is 0 Å². The summed E-state index contributed by atoms with van der Waals surface area (Å²) in [4.78, 5) is 13.6. The third-order valence-corrected chi connectivity index (χ3v) is 3.31. The molecule has 13 heavy (non-hydrogen) atoms. The van der Waals surface area contributed by atoms with Crippen LogP contribution in [0.5, 0.6) is 0 Å². The van der Waals surface area contributed by atoms with Gasteiger partial charge in [-0.15, -0.1) is 0 Å². The Bertz CT molecular complexity index is 205. The molecule has 1 amide bonds. The highest BCUT2D eigenvalue weighted by Crippen LogP contribution is 2.31. The molecule has 0 aromatic carbocycles. The predicted octanol–water partition coefficient (Wildman–Crippen LogP) is 0.626. The summed E-state index contributed by atoms with van der Waals surface area (Å²) in [5, 5.41) is 9.07. The van der Waals surface area contributed by atoms with Gasteiger partial charge in [0.1, 0.15) is 0 Å². The summed E-state index contributed by atoms with van der Waals surface area (Å²) in [6.07, 6.45) is 2.34. The van der Waals surface area contributed by atoms with Crippen molar-refractivity contribution in [1.82, 2.24) is 4.90 Å². The van der Waals surface area contributed by atoms with Crippen molar-refractivity contribution < 1.29 is 9.90 Å². The maximum absolute atomic E-state index is 11.6. The number of carbonyl (C=O) groups is 1. The van der Waals surface area contributed by atoms with Crippen LogP contribution in [0.15, 0.2) is 0 Å². The van der Waals surface area contributed by atoms with Crippen LogP contribution in [0, 0.1) is 11.8 Å². The number of amides is 1. The summed E-state index contributed by atoms with van der Waals surface area (Å²) in [5.74, 6) is 1.14. The molecule has 0 bridgehead atoms. The van der Waals surface area contributed by atoms with Gasteiger partial charge in [0.2, 0.25) is 5.91 Å². The summed E-state index contributed by atoms with van der Waals surface area (Å²) in [6, 6.07) is 0. The molecule has 2 aliphatic rings. The molecule has 0 aromatic heterocycles. The molecule has 0 aromatic rings. The molecule has 0 atom stereocenters. The van der Waals surface area contributed by atoms with E-state index < -0.39 is 0 Å². The van der Waals surface area contributed by atoms with E-state index in [1.807, 2.05) is 4.90 Å². The van der Waals surface area contributed by atoms with Crippen LogP contribution in [0.1, 0.15) is 26.2 Å². The molecule has 3 heteroatoms. The van der Waals surface area contributed by atoms with Gasteiger partial charge >= 0.3 is 0 Å². The average Bonchev–Trinajstić information content (AvgIpc) is 1.96. The van der Waals surface area contributed by atoms with Gasteiger partial charge in [0.25, 0.3) is 0 Å². The second kappa shape index (κ2) is 3.29. The zero-order chi connectivity index (χ0) is 9.42. The number of carbonyl (C=O) groups excluding carboxylic acids is 1. The Labute approximate surface area is 78.7 Å². The zero-order valence-electron chi connectivity index (χ0n) is 8.07. The number of aliphatic hydroxyl groups is 1. The zero-order valence-corrected chi connectivity index (χ0v) is 8.07. The lowest BCUT2D eigenvalue weighted by molar-refractivity contribution is -0.148. The molecule has 1 aliphatic heterocycles. The van der Waals surface area contributed by atoms with Crippen LogP contribution in [0.2, 0.25) is 0 Å². The molecule has 0 spiro atoms. The number of likely N-dealkylation sites (tertiary alicyclic amines) is 1. The Morgan fingerprint density at radius 2 is 2.08 bits per heavy atom. The summed E-state index contributed by atoms with van der Waals surface area (Å²) in [5.41, 5.74) is 0. The van der Waals surface area contributed by atoms with E-state index >= 15 is 0 Å². The highest BCUT2D eigenvalue weighted by atomic mass is 16.3. The summed E-state index contributed by atoms with van der Waals surface area (Å²) in [7, 11) is 0. The SMILES string of the molecule is CCC1CN(C(=O)C2CC(O)C2)C1. The maximum atomic E-state index is 11.6. The van der Waals surface area contributed by atoms with Crippen molar-refractivity contribution in [2.75, 3.05) is 13.1 Å². The normalized spacial score (nSPS) is 33.8. The van der Waals surface area contributed by atoms with Crippen molar-refractivity contribution in [3.8, 4) is 0 Å². The molecule has 1 aliphatic carbocycles. The van der Waals surface area contributed by atoms with E-state index in [0.717, 1.165) is 19.0 Å². The fourth-order valence-electron chi connectivity index (χ4n) is 2.06. The fourth-order valence-corrected chi connectivity index (χ4v) is 2.06. The lowest BCUT2D eigenvalue weighted by Crippen LogP contribution is -2.54. The number of aliphatic hydroxyl groups excluding tert-OH is 1. The lowest BCUT2D eigenvalue weighted by atomic mass is 9.80. The van der Waals surface area contributed by atoms with Gasteiger partial charge in [-0.3, -0.25) is 4.79 Å². The number of rotatable bonds is 2. The molecule has 0 radical (unpaired) electrons. The number of hydrogen-bond donors (Lipinski definition) is 1. The van der Waals surface area contributed by atoms with Crippen LogP contribution in [-0.4, -0.2) is 35.1 Å². The Morgan fingerprint density at radius 1 is 1.46 bits per heavy atom. The standard InChI is InChI=1S/C10H17NO2/c1-2-7-5-11(6-7)10(13)8-3-9(12)4-8/h7-9,12H,2-6H2,1H3. The maximum Gasteiger partial charge on any atom is 0.225 e. The van der Waals surface area contributed by atoms with Gasteiger partial charge in [0.05, 0.1) is 6.10 Å². The molecule has 1 saturated heterocycles. The Balaban J connectivity index is 1.74. The Kier molecular flexibility index (Phi) is 2.28. The number of hydrogen-bond acceptors (Lipinski definition) is 2. The van der Waals surface area contributed by atoms with E-state index in [-0.39, 0.29) is 17.9 Å². The molecule has 0 unspecified atom stereocenters. The average molecular weight is 183 g/mol. The first kappa shape index (κ1) is 9.00. The first-order chi connectivity index (χ1) is 6.20. The summed E-state index contributed by atoms with van der Waals surface area (Å²) < 4.78 is 0. The van der Waals surface area contributed by atoms with Crippen LogP contribution in [0.25, 0.3) is 0 Å². The first-order valence-corrected chi connectivity index (χ1v) is 5.17. The molecule has 3 nitrogen and oxygen atoms in total. The second-order valence-electron chi connectivity index (χ2n) is 4.34. The van der Waals surface area contributed by atoms with E-state index in [1.54, 1.807) is 0 Å². The molecule has 2 fully saturated rings. The molecule has 74 valence electrons. The van der Waals surface area contributed by atoms with E-state index in [1.165, 1.54) is 6.42 Å². The van der Waals surface area contributed by atoms with Crippen LogP contribution >= 0.6 is 0 Å². The molecular weight excluding hydrogens is 166 g/mol. The Hall–Kier alpha value is -0.570. The van der Waals surface area contributed by atoms with Gasteiger partial charge in [0, 0.05) is 19.0 Å². The number of nitrogens with zero attached hydrogens (tertiary/aromatic N) is 1. The lowest BCUT2D eigenvalue weighted by Gasteiger charge is -2.43. The van der Waals surface area contributed by atoms with Crippen molar-refractivity contribution in [2.24, 2.45) is 11.8 Å². The van der Waals surface area contributed by atoms with Gasteiger partial charge in [-0.1, -0.05) is 6.92 Å². The van der Waals surface area contributed by atoms with E-state index in [2.05, 4.69) is 6.92 Å². The second-order valence-corrected chi connectivity index (χ2v) is 4.34. The van der Waals surface area contributed by atoms with Crippen molar-refractivity contribution in [3.05, 3.63) is 0 Å². The molecule has 2 rings (SSSR count). The summed E-state index contributed by atoms with van der Waals surface area (Å²) in [6.45, 7) is 4.06. The predicted molar refractivity (Wildman–Crippen MR) is 49.1 cm³/mol. The highest BCUT2D eigenvalue weighted by Gasteiger charge is 2.39. The minimum atomic E-state index is -0.211. The monoisotopic (exact) mass is 183 g/mol. The topological polar surface area (TPSA) is 40.5 Å². The van der Waals surface area contributed by atoms with Crippen molar-refractivity contribution in [1.29, 1.82) is 0 Å². The van der Waals surface area contributed by atoms with E-state index in [9.17, 15) is 4.79 Å². The Morgan fingerprint density at radius 3 is 2.54 bits per heavy atom. The largest absolute Gasteiger partial charge is 0.393 e. The van der Waals surface area contributed by atoms with Crippen LogP contribution < -0.4 is 0 Å². The van der Waals surface area contributed by atoms with Crippen LogP contribution in [0.3, 0.4) is 0 Å². The quantitative estimate of drug-likeness (QED) is 0.682. The van der Waals surface area contributed by atoms with Gasteiger partial charge in [-0.2, -0.15) is 0 Å². The molecule has 1 heterocycles. The van der Waals surface area contributed by atoms with Crippen molar-refractivity contribution >= 4 is 5.91 Å². The van der Waals surface area contributed by atoms with Gasteiger partial charge in [-0.05, 0) is 25.2 Å². The van der Waals surface area contributed by atoms with Gasteiger partial charge < -0.3 is 10.0 Å². The third kappa shape index (κ3) is 1.57. The summed E-state index contributed by atoms with van der Waals surface area (Å²) >= 11 is 0. The molecule has 1 saturated carbocycles. The smallest absolute Gasteiger partial charge is 0.225 e. The van der Waals surface area contributed by atoms with Crippen molar-refractivity contribution in [3.63, 3.8) is 0 Å². The minimum absolute atomic E-state index is 0.132.